The molecular formula is C22H29N3O. The largest absolute Gasteiger partial charge is 0.508 e. The number of phenols is 1. The van der Waals surface area contributed by atoms with E-state index in [0.29, 0.717) is 5.75 Å². The molecule has 138 valence electrons. The summed E-state index contributed by atoms with van der Waals surface area (Å²) in [6.45, 7) is 9.08. The first-order valence-corrected chi connectivity index (χ1v) is 9.79. The Balaban J connectivity index is 1.22. The lowest BCUT2D eigenvalue weighted by Gasteiger charge is -2.37. The van der Waals surface area contributed by atoms with Gasteiger partial charge >= 0.3 is 0 Å². The van der Waals surface area contributed by atoms with Crippen molar-refractivity contribution in [1.29, 1.82) is 0 Å². The monoisotopic (exact) mass is 351 g/mol. The normalized spacial score (nSPS) is 22.0. The fraction of sp³-hybridized carbons (Fsp3) is 0.455. The van der Waals surface area contributed by atoms with Crippen molar-refractivity contribution >= 4 is 5.69 Å². The molecule has 2 aromatic carbocycles. The van der Waals surface area contributed by atoms with Crippen LogP contribution in [0.3, 0.4) is 0 Å². The molecule has 0 amide bonds. The number of nitrogens with zero attached hydrogens (tertiary/aromatic N) is 3. The topological polar surface area (TPSA) is 30.0 Å². The molecule has 0 aromatic heterocycles. The van der Waals surface area contributed by atoms with E-state index in [1.54, 1.807) is 6.07 Å². The maximum Gasteiger partial charge on any atom is 0.117 e. The molecule has 2 aromatic rings. The van der Waals surface area contributed by atoms with Gasteiger partial charge in [0.05, 0.1) is 0 Å². The molecule has 2 aliphatic heterocycles. The van der Waals surface area contributed by atoms with E-state index in [0.717, 1.165) is 44.3 Å². The summed E-state index contributed by atoms with van der Waals surface area (Å²) in [5.74, 6) is 1.15. The molecule has 0 bridgehead atoms. The molecule has 1 atom stereocenters. The van der Waals surface area contributed by atoms with Gasteiger partial charge in [-0.15, -0.1) is 0 Å². The summed E-state index contributed by atoms with van der Waals surface area (Å²) in [5, 5.41) is 9.67. The van der Waals surface area contributed by atoms with Crippen LogP contribution in [-0.2, 0) is 6.54 Å². The fourth-order valence-corrected chi connectivity index (χ4v) is 4.29. The highest BCUT2D eigenvalue weighted by Gasteiger charge is 2.26. The van der Waals surface area contributed by atoms with Gasteiger partial charge in [0.15, 0.2) is 0 Å². The van der Waals surface area contributed by atoms with E-state index >= 15 is 0 Å². The Morgan fingerprint density at radius 2 is 1.65 bits per heavy atom. The summed E-state index contributed by atoms with van der Waals surface area (Å²) < 4.78 is 0. The number of hydrogen-bond acceptors (Lipinski definition) is 4. The molecule has 26 heavy (non-hydrogen) atoms. The number of rotatable bonds is 5. The van der Waals surface area contributed by atoms with E-state index in [1.165, 1.54) is 31.6 Å². The molecule has 1 N–H and O–H groups in total. The van der Waals surface area contributed by atoms with Crippen LogP contribution < -0.4 is 4.90 Å². The van der Waals surface area contributed by atoms with Crippen molar-refractivity contribution in [2.24, 2.45) is 5.92 Å². The van der Waals surface area contributed by atoms with Crippen LogP contribution in [0.1, 0.15) is 12.0 Å². The van der Waals surface area contributed by atoms with Gasteiger partial charge in [-0.3, -0.25) is 9.80 Å². The van der Waals surface area contributed by atoms with Crippen molar-refractivity contribution in [1.82, 2.24) is 9.80 Å². The minimum absolute atomic E-state index is 0.356. The van der Waals surface area contributed by atoms with Gasteiger partial charge in [-0.2, -0.15) is 0 Å². The number of aromatic hydroxyl groups is 1. The molecule has 4 nitrogen and oxygen atoms in total. The van der Waals surface area contributed by atoms with Crippen LogP contribution in [-0.4, -0.2) is 60.7 Å². The highest BCUT2D eigenvalue weighted by atomic mass is 16.3. The predicted molar refractivity (Wildman–Crippen MR) is 107 cm³/mol. The molecule has 2 aliphatic rings. The zero-order valence-electron chi connectivity index (χ0n) is 15.4. The number of likely N-dealkylation sites (tertiary alicyclic amines) is 1. The average molecular weight is 351 g/mol. The van der Waals surface area contributed by atoms with E-state index in [-0.39, 0.29) is 0 Å². The Morgan fingerprint density at radius 3 is 2.42 bits per heavy atom. The maximum atomic E-state index is 9.67. The van der Waals surface area contributed by atoms with Crippen LogP contribution in [0, 0.1) is 5.92 Å². The van der Waals surface area contributed by atoms with Crippen molar-refractivity contribution in [3.05, 3.63) is 60.2 Å². The molecule has 2 heterocycles. The molecule has 0 spiro atoms. The SMILES string of the molecule is Oc1cccc(N2CCN(C[C@H]3CCN(Cc4ccccc4)C3)CC2)c1. The molecule has 2 saturated heterocycles. The van der Waals surface area contributed by atoms with Crippen molar-refractivity contribution in [3.8, 4) is 5.75 Å². The first-order valence-electron chi connectivity index (χ1n) is 9.79. The van der Waals surface area contributed by atoms with Crippen LogP contribution in [0.5, 0.6) is 5.75 Å². The summed E-state index contributed by atoms with van der Waals surface area (Å²) in [4.78, 5) is 7.60. The van der Waals surface area contributed by atoms with Gasteiger partial charge in [-0.05, 0) is 36.6 Å². The van der Waals surface area contributed by atoms with Gasteiger partial charge < -0.3 is 10.0 Å². The smallest absolute Gasteiger partial charge is 0.117 e. The minimum atomic E-state index is 0.356. The Kier molecular flexibility index (Phi) is 5.42. The van der Waals surface area contributed by atoms with Crippen LogP contribution in [0.25, 0.3) is 0 Å². The average Bonchev–Trinajstić information content (AvgIpc) is 3.10. The zero-order chi connectivity index (χ0) is 17.8. The summed E-state index contributed by atoms with van der Waals surface area (Å²) in [7, 11) is 0. The van der Waals surface area contributed by atoms with Gasteiger partial charge in [0.1, 0.15) is 5.75 Å². The van der Waals surface area contributed by atoms with Crippen LogP contribution in [0.15, 0.2) is 54.6 Å². The van der Waals surface area contributed by atoms with E-state index < -0.39 is 0 Å². The molecular weight excluding hydrogens is 322 g/mol. The third-order valence-electron chi connectivity index (χ3n) is 5.70. The number of piperazine rings is 1. The number of phenolic OH excluding ortho intramolecular Hbond substituents is 1. The molecule has 0 radical (unpaired) electrons. The Bertz CT molecular complexity index is 698. The fourth-order valence-electron chi connectivity index (χ4n) is 4.29. The number of benzene rings is 2. The lowest BCUT2D eigenvalue weighted by molar-refractivity contribution is 0.214. The minimum Gasteiger partial charge on any atom is -0.508 e. The highest BCUT2D eigenvalue weighted by molar-refractivity contribution is 5.50. The second-order valence-electron chi connectivity index (χ2n) is 7.68. The molecule has 4 rings (SSSR count). The van der Waals surface area contributed by atoms with Crippen LogP contribution >= 0.6 is 0 Å². The van der Waals surface area contributed by atoms with E-state index in [1.807, 2.05) is 12.1 Å². The Labute approximate surface area is 156 Å². The van der Waals surface area contributed by atoms with E-state index in [4.69, 9.17) is 0 Å². The van der Waals surface area contributed by atoms with Crippen molar-refractivity contribution in [2.75, 3.05) is 50.7 Å². The third kappa shape index (κ3) is 4.37. The van der Waals surface area contributed by atoms with Crippen LogP contribution in [0.2, 0.25) is 0 Å². The van der Waals surface area contributed by atoms with Crippen molar-refractivity contribution in [2.45, 2.75) is 13.0 Å². The molecule has 0 saturated carbocycles. The van der Waals surface area contributed by atoms with Crippen molar-refractivity contribution in [3.63, 3.8) is 0 Å². The standard InChI is InChI=1S/C22H29N3O/c26-22-8-4-7-21(15-22)25-13-11-23(12-14-25)17-20-9-10-24(18-20)16-19-5-2-1-3-6-19/h1-8,15,20,26H,9-14,16-18H2/t20-/m1/s1. The first-order chi connectivity index (χ1) is 12.8. The predicted octanol–water partition coefficient (Wildman–Crippen LogP) is 3.04. The number of hydrogen-bond donors (Lipinski definition) is 1. The Morgan fingerprint density at radius 1 is 0.846 bits per heavy atom. The van der Waals surface area contributed by atoms with E-state index in [2.05, 4.69) is 51.1 Å². The van der Waals surface area contributed by atoms with Gasteiger partial charge in [0.25, 0.3) is 0 Å². The maximum absolute atomic E-state index is 9.67. The lowest BCUT2D eigenvalue weighted by atomic mass is 10.1. The lowest BCUT2D eigenvalue weighted by Crippen LogP contribution is -2.48. The molecule has 2 fully saturated rings. The van der Waals surface area contributed by atoms with E-state index in [9.17, 15) is 5.11 Å². The summed E-state index contributed by atoms with van der Waals surface area (Å²) >= 11 is 0. The molecule has 4 heteroatoms. The van der Waals surface area contributed by atoms with Gasteiger partial charge in [-0.25, -0.2) is 0 Å². The van der Waals surface area contributed by atoms with Crippen molar-refractivity contribution < 1.29 is 5.11 Å². The summed E-state index contributed by atoms with van der Waals surface area (Å²) in [5.41, 5.74) is 2.56. The van der Waals surface area contributed by atoms with Gasteiger partial charge in [-0.1, -0.05) is 36.4 Å². The second-order valence-corrected chi connectivity index (χ2v) is 7.68. The first kappa shape index (κ1) is 17.4. The third-order valence-corrected chi connectivity index (χ3v) is 5.70. The summed E-state index contributed by atoms with van der Waals surface area (Å²) in [6.07, 6.45) is 1.32. The molecule has 0 unspecified atom stereocenters. The van der Waals surface area contributed by atoms with Gasteiger partial charge in [0, 0.05) is 57.6 Å². The Hall–Kier alpha value is -2.04. The highest BCUT2D eigenvalue weighted by Crippen LogP contribution is 2.23. The quantitative estimate of drug-likeness (QED) is 0.897. The number of anilines is 1. The van der Waals surface area contributed by atoms with Crippen LogP contribution in [0.4, 0.5) is 5.69 Å². The zero-order valence-corrected chi connectivity index (χ0v) is 15.4. The van der Waals surface area contributed by atoms with Gasteiger partial charge in [0.2, 0.25) is 0 Å². The molecule has 0 aliphatic carbocycles. The second kappa shape index (κ2) is 8.11. The summed E-state index contributed by atoms with van der Waals surface area (Å²) in [6, 6.07) is 18.4.